The highest BCUT2D eigenvalue weighted by atomic mass is 35.5. The van der Waals surface area contributed by atoms with Crippen LogP contribution in [0.1, 0.15) is 94.5 Å². The third-order valence-electron chi connectivity index (χ3n) is 14.1. The molecule has 4 aliphatic rings. The summed E-state index contributed by atoms with van der Waals surface area (Å²) >= 11 is 12.1. The van der Waals surface area contributed by atoms with Crippen molar-refractivity contribution in [1.29, 1.82) is 0 Å². The molecule has 456 valence electrons. The van der Waals surface area contributed by atoms with Crippen LogP contribution < -0.4 is 36.9 Å². The summed E-state index contributed by atoms with van der Waals surface area (Å²) in [5.41, 5.74) is -1.46. The Hall–Kier alpha value is -7.85. The van der Waals surface area contributed by atoms with E-state index in [1.807, 2.05) is 35.8 Å². The molecule has 85 heavy (non-hydrogen) atoms. The number of benzene rings is 2. The molecule has 22 nitrogen and oxygen atoms in total. The van der Waals surface area contributed by atoms with E-state index < -0.39 is 52.5 Å². The highest BCUT2D eigenvalue weighted by Crippen LogP contribution is 2.36. The topological polar surface area (TPSA) is 229 Å². The number of hydrogen-bond donors (Lipinski definition) is 3. The summed E-state index contributed by atoms with van der Waals surface area (Å²) < 4.78 is 101. The number of carbonyl (C=O) groups is 3. The van der Waals surface area contributed by atoms with Crippen LogP contribution in [-0.4, -0.2) is 132 Å². The van der Waals surface area contributed by atoms with Crippen molar-refractivity contribution in [3.8, 4) is 0 Å². The Morgan fingerprint density at radius 3 is 1.44 bits per heavy atom. The zero-order chi connectivity index (χ0) is 61.1. The van der Waals surface area contributed by atoms with Gasteiger partial charge in [-0.2, -0.15) is 45.3 Å². The zero-order valence-electron chi connectivity index (χ0n) is 47.1. The van der Waals surface area contributed by atoms with Crippen molar-refractivity contribution in [2.24, 2.45) is 0 Å². The monoisotopic (exact) mass is 1230 g/mol. The fourth-order valence-corrected chi connectivity index (χ4v) is 10.5. The number of piperazine rings is 2. The van der Waals surface area contributed by atoms with E-state index in [9.17, 15) is 50.3 Å². The molecule has 2 saturated heterocycles. The molecule has 0 atom stereocenters. The van der Waals surface area contributed by atoms with Crippen LogP contribution in [0.5, 0.6) is 0 Å². The van der Waals surface area contributed by atoms with Crippen molar-refractivity contribution in [2.75, 3.05) is 86.0 Å². The van der Waals surface area contributed by atoms with Gasteiger partial charge in [0.1, 0.15) is 30.1 Å². The average Bonchev–Trinajstić information content (AvgIpc) is 1.83. The molecule has 8 heterocycles. The van der Waals surface area contributed by atoms with Crippen molar-refractivity contribution in [3.05, 3.63) is 113 Å². The zero-order valence-corrected chi connectivity index (χ0v) is 48.6. The smallest absolute Gasteiger partial charge is 0.416 e. The predicted molar refractivity (Wildman–Crippen MR) is 305 cm³/mol. The Kier molecular flexibility index (Phi) is 18.4. The van der Waals surface area contributed by atoms with Crippen LogP contribution in [0.15, 0.2) is 58.1 Å². The van der Waals surface area contributed by atoms with Gasteiger partial charge in [0, 0.05) is 52.4 Å². The van der Waals surface area contributed by atoms with Crippen LogP contribution in [0, 0.1) is 0 Å². The largest absolute Gasteiger partial charge is 0.490 e. The van der Waals surface area contributed by atoms with Gasteiger partial charge in [0.2, 0.25) is 35.0 Å². The second-order valence-electron chi connectivity index (χ2n) is 21.2. The lowest BCUT2D eigenvalue weighted by atomic mass is 10.2. The Morgan fingerprint density at radius 2 is 1.07 bits per heavy atom. The quantitative estimate of drug-likeness (QED) is 0.0979. The molecule has 2 aromatic carbocycles. The van der Waals surface area contributed by atoms with Gasteiger partial charge in [0.15, 0.2) is 11.5 Å². The van der Waals surface area contributed by atoms with Crippen LogP contribution in [0.2, 0.25) is 10.0 Å². The standard InChI is InChI=1S/C30H35ClF3N7O5.C25H27ClF3N7O3/c1-5-21-24(38-11-13-39(14-12-38)28(44)46-29(2,3)4)26(43)41-27(36-25(37-41)22-8-6-7-15-45-22)40(21)17-23(42)35-20-10-9-18(16-19(20)31)30(32,33)34;1-2-18-21(34-10-8-30-9-11-34)23(38)36-24(32-22(33-36)19-5-3-4-12-39-19)35(18)14-20(37)31-17-7-6-15(13-16(17)26)25(27,28)29/h8-10,16H,5-7,11-15,17H2,1-4H3,(H,35,42);5-7,13,30H,2-4,8-12,14H2,1H3,(H,31,37). The van der Waals surface area contributed by atoms with Crippen LogP contribution in [0.4, 0.5) is 53.9 Å². The van der Waals surface area contributed by atoms with Gasteiger partial charge in [-0.15, -0.1) is 10.2 Å². The first-order chi connectivity index (χ1) is 40.3. The molecule has 3 amide bonds. The summed E-state index contributed by atoms with van der Waals surface area (Å²) in [6.45, 7) is 13.2. The lowest BCUT2D eigenvalue weighted by molar-refractivity contribution is -0.138. The number of fused-ring (bicyclic) bond motifs is 2. The molecule has 0 radical (unpaired) electrons. The van der Waals surface area contributed by atoms with Crippen LogP contribution in [0.25, 0.3) is 23.1 Å². The Bertz CT molecular complexity index is 3710. The molecule has 3 N–H and O–H groups in total. The molecule has 0 unspecified atom stereocenters. The highest BCUT2D eigenvalue weighted by Gasteiger charge is 2.35. The molecule has 6 aromatic rings. The van der Waals surface area contributed by atoms with Crippen LogP contribution >= 0.6 is 23.2 Å². The van der Waals surface area contributed by atoms with Crippen molar-refractivity contribution in [1.82, 2.24) is 48.5 Å². The number of carbonyl (C=O) groups excluding carboxylic acids is 3. The van der Waals surface area contributed by atoms with Crippen molar-refractivity contribution in [2.45, 2.75) is 104 Å². The number of nitrogens with zero attached hydrogens (tertiary/aromatic N) is 11. The normalized spacial score (nSPS) is 16.0. The molecule has 4 aliphatic heterocycles. The van der Waals surface area contributed by atoms with Crippen LogP contribution in [-0.2, 0) is 62.1 Å². The maximum absolute atomic E-state index is 14.0. The number of alkyl halides is 6. The summed E-state index contributed by atoms with van der Waals surface area (Å²) in [6, 6.07) is 5.37. The summed E-state index contributed by atoms with van der Waals surface area (Å²) in [5, 5.41) is 16.8. The molecule has 10 rings (SSSR count). The number of amides is 3. The third kappa shape index (κ3) is 14.0. The Morgan fingerprint density at radius 1 is 0.647 bits per heavy atom. The van der Waals surface area contributed by atoms with E-state index >= 15 is 0 Å². The first kappa shape index (κ1) is 61.7. The van der Waals surface area contributed by atoms with E-state index in [4.69, 9.17) is 37.4 Å². The van der Waals surface area contributed by atoms with Crippen molar-refractivity contribution < 1.29 is 54.9 Å². The summed E-state index contributed by atoms with van der Waals surface area (Å²) in [7, 11) is 0. The minimum Gasteiger partial charge on any atom is -0.490 e. The van der Waals surface area contributed by atoms with Gasteiger partial charge >= 0.3 is 18.4 Å². The number of anilines is 4. The summed E-state index contributed by atoms with van der Waals surface area (Å²) in [6.07, 6.45) is -1.93. The number of ether oxygens (including phenoxy) is 3. The number of aromatic nitrogens is 8. The third-order valence-corrected chi connectivity index (χ3v) is 14.7. The first-order valence-corrected chi connectivity index (χ1v) is 28.3. The molecule has 0 saturated carbocycles. The van der Waals surface area contributed by atoms with Gasteiger partial charge in [0.25, 0.3) is 11.1 Å². The predicted octanol–water partition coefficient (Wildman–Crippen LogP) is 8.30. The van der Waals surface area contributed by atoms with E-state index in [1.54, 1.807) is 34.8 Å². The molecule has 30 heteroatoms. The lowest BCUT2D eigenvalue weighted by Crippen LogP contribution is -2.51. The van der Waals surface area contributed by atoms with E-state index in [1.165, 1.54) is 4.52 Å². The summed E-state index contributed by atoms with van der Waals surface area (Å²) in [5.74, 6) is 0.412. The fourth-order valence-electron chi connectivity index (χ4n) is 10.1. The van der Waals surface area contributed by atoms with Crippen molar-refractivity contribution >= 4 is 86.9 Å². The second-order valence-corrected chi connectivity index (χ2v) is 22.0. The van der Waals surface area contributed by atoms with E-state index in [0.717, 1.165) is 66.6 Å². The molecular formula is C55H62Cl2F6N14O8. The molecule has 2 fully saturated rings. The average molecular weight is 1230 g/mol. The van der Waals surface area contributed by atoms with E-state index in [-0.39, 0.29) is 63.3 Å². The molecule has 0 aliphatic carbocycles. The Labute approximate surface area is 492 Å². The number of nitrogens with one attached hydrogen (secondary N) is 3. The Balaban J connectivity index is 0.000000206. The first-order valence-electron chi connectivity index (χ1n) is 27.6. The highest BCUT2D eigenvalue weighted by molar-refractivity contribution is 6.34. The SMILES string of the molecule is CCc1c(N2CCN(C(=O)OC(C)(C)C)CC2)c(=O)n2nc(C3=CCCCO3)nc2n1CC(=O)Nc1ccc(C(F)(F)F)cc1Cl.CCc1c(N2CCNCC2)c(=O)n2nc(C3=CCCCO3)nc2n1CC(=O)Nc1ccc(C(F)(F)F)cc1Cl. The lowest BCUT2D eigenvalue weighted by Gasteiger charge is -2.37. The number of halogens is 8. The van der Waals surface area contributed by atoms with Crippen molar-refractivity contribution in [3.63, 3.8) is 0 Å². The molecular weight excluding hydrogens is 1170 g/mol. The van der Waals surface area contributed by atoms with E-state index in [2.05, 4.69) is 36.1 Å². The molecule has 0 spiro atoms. The fraction of sp³-hybridized carbons (Fsp3) is 0.473. The number of allylic oxidation sites excluding steroid dienone is 2. The molecule has 0 bridgehead atoms. The van der Waals surface area contributed by atoms with Gasteiger partial charge < -0.3 is 54.0 Å². The van der Waals surface area contributed by atoms with Gasteiger partial charge in [-0.25, -0.2) is 4.79 Å². The van der Waals surface area contributed by atoms with E-state index in [0.29, 0.717) is 113 Å². The van der Waals surface area contributed by atoms with Gasteiger partial charge in [-0.3, -0.25) is 19.2 Å². The maximum atomic E-state index is 14.0. The van der Waals surface area contributed by atoms with Gasteiger partial charge in [-0.05, 0) is 108 Å². The van der Waals surface area contributed by atoms with Crippen LogP contribution in [0.3, 0.4) is 0 Å². The number of hydrogen-bond acceptors (Lipinski definition) is 15. The second kappa shape index (κ2) is 25.4. The minimum absolute atomic E-state index is 0.00353. The number of rotatable bonds is 12. The minimum atomic E-state index is -4.60. The van der Waals surface area contributed by atoms with Gasteiger partial charge in [-0.1, -0.05) is 37.0 Å². The van der Waals surface area contributed by atoms with Gasteiger partial charge in [0.05, 0.1) is 57.1 Å². The molecule has 4 aromatic heterocycles. The summed E-state index contributed by atoms with van der Waals surface area (Å²) in [4.78, 5) is 81.5. The maximum Gasteiger partial charge on any atom is 0.416 e.